The first kappa shape index (κ1) is 12.2. The summed E-state index contributed by atoms with van der Waals surface area (Å²) in [7, 11) is 0. The maximum atomic E-state index is 3.80. The number of hydrogen-bond acceptors (Lipinski definition) is 0. The van der Waals surface area contributed by atoms with Crippen molar-refractivity contribution in [2.24, 2.45) is 5.92 Å². The lowest BCUT2D eigenvalue weighted by Gasteiger charge is -2.13. The molecule has 1 unspecified atom stereocenters. The third-order valence-corrected chi connectivity index (χ3v) is 4.04. The molecule has 1 aliphatic rings. The summed E-state index contributed by atoms with van der Waals surface area (Å²) in [5.41, 5.74) is 4.68. The summed E-state index contributed by atoms with van der Waals surface area (Å²) in [6, 6.07) is 7.09. The van der Waals surface area contributed by atoms with Crippen LogP contribution in [0.5, 0.6) is 0 Å². The molecule has 1 aromatic rings. The Morgan fingerprint density at radius 2 is 1.94 bits per heavy atom. The first-order valence-electron chi connectivity index (χ1n) is 6.40. The molecular weight excluding hydrogens is 260 g/mol. The van der Waals surface area contributed by atoms with Crippen LogP contribution in [0.3, 0.4) is 0 Å². The van der Waals surface area contributed by atoms with E-state index >= 15 is 0 Å². The molecule has 0 spiro atoms. The molecule has 0 heterocycles. The Kier molecular flexibility index (Phi) is 4.07. The summed E-state index contributed by atoms with van der Waals surface area (Å²) >= 11 is 3.80. The predicted molar refractivity (Wildman–Crippen MR) is 74.3 cm³/mol. The van der Waals surface area contributed by atoms with Crippen LogP contribution < -0.4 is 0 Å². The van der Waals surface area contributed by atoms with Crippen molar-refractivity contribution in [3.63, 3.8) is 0 Å². The Balaban J connectivity index is 1.99. The van der Waals surface area contributed by atoms with Gasteiger partial charge in [-0.3, -0.25) is 0 Å². The molecule has 0 aromatic heterocycles. The number of alkyl halides is 1. The summed E-state index contributed by atoms with van der Waals surface area (Å²) in [4.78, 5) is 0.631. The SMILES string of the molecule is CC(C)CC(Br)Cc1ccc2c(c1)CCC2. The van der Waals surface area contributed by atoms with Gasteiger partial charge < -0.3 is 0 Å². The molecule has 0 amide bonds. The molecule has 0 bridgehead atoms. The van der Waals surface area contributed by atoms with Crippen LogP contribution in [-0.4, -0.2) is 4.83 Å². The average molecular weight is 281 g/mol. The molecule has 0 saturated heterocycles. The molecule has 1 aromatic carbocycles. The second kappa shape index (κ2) is 5.35. The molecule has 1 heteroatoms. The van der Waals surface area contributed by atoms with Gasteiger partial charge in [-0.25, -0.2) is 0 Å². The molecular formula is C15H21Br. The first-order chi connectivity index (χ1) is 7.65. The number of benzene rings is 1. The molecule has 0 nitrogen and oxygen atoms in total. The van der Waals surface area contributed by atoms with E-state index in [1.54, 1.807) is 11.1 Å². The van der Waals surface area contributed by atoms with Gasteiger partial charge >= 0.3 is 0 Å². The fraction of sp³-hybridized carbons (Fsp3) is 0.600. The summed E-state index contributed by atoms with van der Waals surface area (Å²) in [5.74, 6) is 0.777. The molecule has 0 radical (unpaired) electrons. The van der Waals surface area contributed by atoms with Gasteiger partial charge in [0, 0.05) is 4.83 Å². The highest BCUT2D eigenvalue weighted by molar-refractivity contribution is 9.09. The minimum atomic E-state index is 0.631. The Morgan fingerprint density at radius 1 is 1.19 bits per heavy atom. The Morgan fingerprint density at radius 3 is 2.69 bits per heavy atom. The molecule has 0 saturated carbocycles. The zero-order chi connectivity index (χ0) is 11.5. The van der Waals surface area contributed by atoms with Gasteiger partial charge in [0.1, 0.15) is 0 Å². The van der Waals surface area contributed by atoms with E-state index < -0.39 is 0 Å². The fourth-order valence-electron chi connectivity index (χ4n) is 2.60. The molecule has 1 aliphatic carbocycles. The van der Waals surface area contributed by atoms with Crippen molar-refractivity contribution in [2.75, 3.05) is 0 Å². The fourth-order valence-corrected chi connectivity index (χ4v) is 3.72. The van der Waals surface area contributed by atoms with Crippen LogP contribution in [0.1, 0.15) is 43.4 Å². The van der Waals surface area contributed by atoms with E-state index in [0.717, 1.165) is 5.92 Å². The van der Waals surface area contributed by atoms with Crippen molar-refractivity contribution >= 4 is 15.9 Å². The Hall–Kier alpha value is -0.300. The van der Waals surface area contributed by atoms with Gasteiger partial charge in [-0.2, -0.15) is 0 Å². The van der Waals surface area contributed by atoms with Crippen LogP contribution in [-0.2, 0) is 19.3 Å². The highest BCUT2D eigenvalue weighted by atomic mass is 79.9. The summed E-state index contributed by atoms with van der Waals surface area (Å²) < 4.78 is 0. The second-order valence-electron chi connectivity index (χ2n) is 5.39. The minimum Gasteiger partial charge on any atom is -0.0887 e. The van der Waals surface area contributed by atoms with Crippen molar-refractivity contribution in [3.05, 3.63) is 34.9 Å². The quantitative estimate of drug-likeness (QED) is 0.711. The predicted octanol–water partition coefficient (Wildman–Crippen LogP) is 4.53. The zero-order valence-corrected chi connectivity index (χ0v) is 11.9. The van der Waals surface area contributed by atoms with E-state index in [1.807, 2.05) is 0 Å². The van der Waals surface area contributed by atoms with Crippen LogP contribution in [0.2, 0.25) is 0 Å². The Labute approximate surface area is 108 Å². The molecule has 2 rings (SSSR count). The van der Waals surface area contributed by atoms with Gasteiger partial charge in [-0.15, -0.1) is 0 Å². The van der Waals surface area contributed by atoms with Gasteiger partial charge in [-0.1, -0.05) is 48.0 Å². The lowest BCUT2D eigenvalue weighted by Crippen LogP contribution is -2.06. The van der Waals surface area contributed by atoms with Gasteiger partial charge in [0.05, 0.1) is 0 Å². The monoisotopic (exact) mass is 280 g/mol. The molecule has 16 heavy (non-hydrogen) atoms. The van der Waals surface area contributed by atoms with E-state index in [2.05, 4.69) is 48.0 Å². The lowest BCUT2D eigenvalue weighted by atomic mass is 9.99. The zero-order valence-electron chi connectivity index (χ0n) is 10.3. The Bertz CT molecular complexity index is 354. The van der Waals surface area contributed by atoms with Crippen LogP contribution in [0.25, 0.3) is 0 Å². The second-order valence-corrected chi connectivity index (χ2v) is 6.68. The molecule has 1 atom stereocenters. The minimum absolute atomic E-state index is 0.631. The van der Waals surface area contributed by atoms with Gasteiger partial charge in [-0.05, 0) is 54.7 Å². The maximum absolute atomic E-state index is 3.80. The van der Waals surface area contributed by atoms with E-state index in [4.69, 9.17) is 0 Å². The number of hydrogen-bond donors (Lipinski definition) is 0. The van der Waals surface area contributed by atoms with Crippen LogP contribution in [0, 0.1) is 5.92 Å². The lowest BCUT2D eigenvalue weighted by molar-refractivity contribution is 0.571. The van der Waals surface area contributed by atoms with Gasteiger partial charge in [0.25, 0.3) is 0 Å². The standard InChI is InChI=1S/C15H21Br/c1-11(2)8-15(16)10-12-6-7-13-4-3-5-14(13)9-12/h6-7,9,11,15H,3-5,8,10H2,1-2H3. The normalized spacial score (nSPS) is 16.5. The van der Waals surface area contributed by atoms with Crippen molar-refractivity contribution in [3.8, 4) is 0 Å². The highest BCUT2D eigenvalue weighted by Crippen LogP contribution is 2.25. The number of halogens is 1. The van der Waals surface area contributed by atoms with Crippen LogP contribution >= 0.6 is 15.9 Å². The van der Waals surface area contributed by atoms with E-state index in [-0.39, 0.29) is 0 Å². The van der Waals surface area contributed by atoms with Crippen molar-refractivity contribution in [1.29, 1.82) is 0 Å². The summed E-state index contributed by atoms with van der Waals surface area (Å²) in [6.45, 7) is 4.58. The molecule has 0 aliphatic heterocycles. The van der Waals surface area contributed by atoms with Gasteiger partial charge in [0.2, 0.25) is 0 Å². The first-order valence-corrected chi connectivity index (χ1v) is 7.31. The average Bonchev–Trinajstić information content (AvgIpc) is 2.63. The number of rotatable bonds is 4. The van der Waals surface area contributed by atoms with E-state index in [0.29, 0.717) is 4.83 Å². The molecule has 0 fully saturated rings. The number of fused-ring (bicyclic) bond motifs is 1. The number of aryl methyl sites for hydroxylation is 2. The topological polar surface area (TPSA) is 0 Å². The molecule has 88 valence electrons. The van der Waals surface area contributed by atoms with Crippen LogP contribution in [0.15, 0.2) is 18.2 Å². The summed E-state index contributed by atoms with van der Waals surface area (Å²) in [5, 5.41) is 0. The van der Waals surface area contributed by atoms with Gasteiger partial charge in [0.15, 0.2) is 0 Å². The highest BCUT2D eigenvalue weighted by Gasteiger charge is 2.13. The van der Waals surface area contributed by atoms with Crippen molar-refractivity contribution in [1.82, 2.24) is 0 Å². The van der Waals surface area contributed by atoms with E-state index in [9.17, 15) is 0 Å². The van der Waals surface area contributed by atoms with E-state index in [1.165, 1.54) is 37.7 Å². The molecule has 0 N–H and O–H groups in total. The van der Waals surface area contributed by atoms with Crippen LogP contribution in [0.4, 0.5) is 0 Å². The smallest absolute Gasteiger partial charge is 0.0188 e. The maximum Gasteiger partial charge on any atom is 0.0188 e. The largest absolute Gasteiger partial charge is 0.0887 e. The third-order valence-electron chi connectivity index (χ3n) is 3.35. The third kappa shape index (κ3) is 3.10. The van der Waals surface area contributed by atoms with Crippen molar-refractivity contribution < 1.29 is 0 Å². The summed E-state index contributed by atoms with van der Waals surface area (Å²) in [6.07, 6.45) is 6.37. The van der Waals surface area contributed by atoms with Crippen molar-refractivity contribution in [2.45, 2.75) is 50.8 Å².